The molecule has 10 heteroatoms. The largest absolute Gasteiger partial charge is 0.383 e. The molecule has 26 heavy (non-hydrogen) atoms. The number of thiocarbonyl (C=S) groups is 2. The highest BCUT2D eigenvalue weighted by Crippen LogP contribution is 2.00. The van der Waals surface area contributed by atoms with Crippen LogP contribution in [-0.4, -0.2) is 63.2 Å². The van der Waals surface area contributed by atoms with Crippen molar-refractivity contribution in [2.45, 2.75) is 0 Å². The Hall–Kier alpha value is -2.14. The van der Waals surface area contributed by atoms with E-state index in [1.165, 1.54) is 0 Å². The molecule has 1 aromatic rings. The van der Waals surface area contributed by atoms with E-state index in [9.17, 15) is 0 Å². The molecule has 4 N–H and O–H groups in total. The van der Waals surface area contributed by atoms with E-state index in [1.807, 2.05) is 24.3 Å². The third-order valence-electron chi connectivity index (χ3n) is 2.85. The van der Waals surface area contributed by atoms with Gasteiger partial charge < -0.3 is 20.1 Å². The summed E-state index contributed by atoms with van der Waals surface area (Å²) in [7, 11) is 3.27. The second-order valence-corrected chi connectivity index (χ2v) is 5.72. The van der Waals surface area contributed by atoms with Crippen molar-refractivity contribution in [2.75, 3.05) is 40.5 Å². The van der Waals surface area contributed by atoms with E-state index in [4.69, 9.17) is 33.9 Å². The predicted octanol–water partition coefficient (Wildman–Crippen LogP) is 0.575. The molecule has 8 nitrogen and oxygen atoms in total. The van der Waals surface area contributed by atoms with Gasteiger partial charge in [-0.05, 0) is 41.6 Å². The monoisotopic (exact) mass is 396 g/mol. The quantitative estimate of drug-likeness (QED) is 0.198. The highest BCUT2D eigenvalue weighted by Gasteiger charge is 1.94. The van der Waals surface area contributed by atoms with Crippen LogP contribution in [0.2, 0.25) is 0 Å². The van der Waals surface area contributed by atoms with E-state index < -0.39 is 0 Å². The first-order valence-electron chi connectivity index (χ1n) is 7.87. The zero-order valence-corrected chi connectivity index (χ0v) is 16.5. The SMILES string of the molecule is COCCNC(=S)N/N=C\c1cccc(/C=N\NC(=S)NCCOC)c1. The van der Waals surface area contributed by atoms with Crippen molar-refractivity contribution in [3.8, 4) is 0 Å². The summed E-state index contributed by atoms with van der Waals surface area (Å²) in [4.78, 5) is 0. The van der Waals surface area contributed by atoms with Crippen molar-refractivity contribution in [3.05, 3.63) is 35.4 Å². The van der Waals surface area contributed by atoms with E-state index in [-0.39, 0.29) is 0 Å². The zero-order valence-electron chi connectivity index (χ0n) is 14.8. The molecule has 0 heterocycles. The number of ether oxygens (including phenoxy) is 2. The average molecular weight is 397 g/mol. The van der Waals surface area contributed by atoms with Crippen LogP contribution in [0.4, 0.5) is 0 Å². The number of nitrogens with zero attached hydrogens (tertiary/aromatic N) is 2. The van der Waals surface area contributed by atoms with E-state index in [0.29, 0.717) is 36.5 Å². The van der Waals surface area contributed by atoms with Crippen LogP contribution in [0, 0.1) is 0 Å². The Morgan fingerprint density at radius 3 is 1.81 bits per heavy atom. The maximum atomic E-state index is 5.08. The fourth-order valence-electron chi connectivity index (χ4n) is 1.66. The molecule has 142 valence electrons. The van der Waals surface area contributed by atoms with Gasteiger partial charge in [0.2, 0.25) is 0 Å². The third kappa shape index (κ3) is 10.7. The topological polar surface area (TPSA) is 91.3 Å². The van der Waals surface area contributed by atoms with Crippen LogP contribution < -0.4 is 21.5 Å². The number of hydrazone groups is 2. The number of rotatable bonds is 10. The van der Waals surface area contributed by atoms with Gasteiger partial charge in [-0.2, -0.15) is 10.2 Å². The summed E-state index contributed by atoms with van der Waals surface area (Å²) in [6.45, 7) is 2.40. The third-order valence-corrected chi connectivity index (χ3v) is 3.32. The van der Waals surface area contributed by atoms with Crippen molar-refractivity contribution in [3.63, 3.8) is 0 Å². The molecule has 0 aliphatic carbocycles. The Kier molecular flexibility index (Phi) is 11.9. The van der Waals surface area contributed by atoms with Gasteiger partial charge in [0.05, 0.1) is 25.6 Å². The van der Waals surface area contributed by atoms with Gasteiger partial charge in [0, 0.05) is 27.3 Å². The summed E-state index contributed by atoms with van der Waals surface area (Å²) in [5.74, 6) is 0. The Morgan fingerprint density at radius 2 is 1.38 bits per heavy atom. The smallest absolute Gasteiger partial charge is 0.187 e. The lowest BCUT2D eigenvalue weighted by atomic mass is 10.1. The van der Waals surface area contributed by atoms with Gasteiger partial charge in [-0.15, -0.1) is 0 Å². The molecule has 0 fully saturated rings. The van der Waals surface area contributed by atoms with Crippen molar-refractivity contribution in [1.82, 2.24) is 21.5 Å². The lowest BCUT2D eigenvalue weighted by Gasteiger charge is -2.06. The van der Waals surface area contributed by atoms with Crippen LogP contribution in [0.25, 0.3) is 0 Å². The van der Waals surface area contributed by atoms with Gasteiger partial charge in [0.25, 0.3) is 0 Å². The fourth-order valence-corrected chi connectivity index (χ4v) is 1.97. The zero-order chi connectivity index (χ0) is 19.0. The van der Waals surface area contributed by atoms with Crippen LogP contribution >= 0.6 is 24.4 Å². The highest BCUT2D eigenvalue weighted by molar-refractivity contribution is 7.80. The van der Waals surface area contributed by atoms with Gasteiger partial charge in [-0.3, -0.25) is 10.9 Å². The molecular formula is C16H24N6O2S2. The molecule has 0 unspecified atom stereocenters. The summed E-state index contributed by atoms with van der Waals surface area (Å²) in [6, 6.07) is 7.69. The Morgan fingerprint density at radius 1 is 0.923 bits per heavy atom. The molecule has 0 radical (unpaired) electrons. The number of nitrogens with one attached hydrogen (secondary N) is 4. The first kappa shape index (κ1) is 21.9. The Bertz CT molecular complexity index is 575. The number of hydrogen-bond donors (Lipinski definition) is 4. The fraction of sp³-hybridized carbons (Fsp3) is 0.375. The van der Waals surface area contributed by atoms with Crippen LogP contribution in [0.3, 0.4) is 0 Å². The summed E-state index contributed by atoms with van der Waals surface area (Å²) in [5, 5.41) is 15.0. The summed E-state index contributed by atoms with van der Waals surface area (Å²) >= 11 is 10.2. The molecule has 0 aromatic heterocycles. The van der Waals surface area contributed by atoms with Gasteiger partial charge in [-0.1, -0.05) is 18.2 Å². The molecule has 0 bridgehead atoms. The molecule has 0 spiro atoms. The van der Waals surface area contributed by atoms with Gasteiger partial charge >= 0.3 is 0 Å². The molecule has 0 amide bonds. The summed E-state index contributed by atoms with van der Waals surface area (Å²) in [6.07, 6.45) is 3.35. The minimum Gasteiger partial charge on any atom is -0.383 e. The second-order valence-electron chi connectivity index (χ2n) is 4.91. The summed E-state index contributed by atoms with van der Waals surface area (Å²) in [5.41, 5.74) is 7.30. The average Bonchev–Trinajstić information content (AvgIpc) is 2.62. The maximum absolute atomic E-state index is 5.08. The van der Waals surface area contributed by atoms with Gasteiger partial charge in [0.15, 0.2) is 10.2 Å². The predicted molar refractivity (Wildman–Crippen MR) is 113 cm³/mol. The Balaban J connectivity index is 2.42. The van der Waals surface area contributed by atoms with Crippen LogP contribution in [-0.2, 0) is 9.47 Å². The highest BCUT2D eigenvalue weighted by atomic mass is 32.1. The minimum atomic E-state index is 0.440. The number of benzene rings is 1. The van der Waals surface area contributed by atoms with Crippen LogP contribution in [0.1, 0.15) is 11.1 Å². The van der Waals surface area contributed by atoms with Crippen molar-refractivity contribution in [2.24, 2.45) is 10.2 Å². The first-order chi connectivity index (χ1) is 12.7. The van der Waals surface area contributed by atoms with E-state index >= 15 is 0 Å². The molecule has 0 aliphatic heterocycles. The van der Waals surface area contributed by atoms with E-state index in [0.717, 1.165) is 11.1 Å². The van der Waals surface area contributed by atoms with E-state index in [2.05, 4.69) is 31.7 Å². The van der Waals surface area contributed by atoms with Gasteiger partial charge in [0.1, 0.15) is 0 Å². The van der Waals surface area contributed by atoms with Crippen molar-refractivity contribution < 1.29 is 9.47 Å². The van der Waals surface area contributed by atoms with E-state index in [1.54, 1.807) is 26.6 Å². The lowest BCUT2D eigenvalue weighted by Crippen LogP contribution is -2.34. The van der Waals surface area contributed by atoms with Crippen molar-refractivity contribution >= 4 is 47.1 Å². The van der Waals surface area contributed by atoms with Crippen LogP contribution in [0.5, 0.6) is 0 Å². The molecule has 1 aromatic carbocycles. The normalized spacial score (nSPS) is 10.8. The van der Waals surface area contributed by atoms with Gasteiger partial charge in [-0.25, -0.2) is 0 Å². The maximum Gasteiger partial charge on any atom is 0.187 e. The second kappa shape index (κ2) is 14.1. The molecule has 1 rings (SSSR count). The van der Waals surface area contributed by atoms with Crippen molar-refractivity contribution in [1.29, 1.82) is 0 Å². The number of hydrogen-bond acceptors (Lipinski definition) is 6. The lowest BCUT2D eigenvalue weighted by molar-refractivity contribution is 0.204. The molecular weight excluding hydrogens is 372 g/mol. The standard InChI is InChI=1S/C16H24N6O2S2/c1-23-8-6-17-15(25)21-19-11-13-4-3-5-14(10-13)12-20-22-16(26)18-7-9-24-2/h3-5,10-12H,6-9H2,1-2H3,(H2,17,21,25)(H2,18,22,26)/b19-11-,20-12-. The Labute approximate surface area is 164 Å². The molecule has 0 saturated heterocycles. The molecule has 0 saturated carbocycles. The molecule has 0 atom stereocenters. The minimum absolute atomic E-state index is 0.440. The molecule has 0 aliphatic rings. The summed E-state index contributed by atoms with van der Waals surface area (Å²) < 4.78 is 9.85. The first-order valence-corrected chi connectivity index (χ1v) is 8.69. The van der Waals surface area contributed by atoms with Crippen LogP contribution in [0.15, 0.2) is 34.5 Å². The number of methoxy groups -OCH3 is 2.